The summed E-state index contributed by atoms with van der Waals surface area (Å²) in [5.74, 6) is 0.667. The van der Waals surface area contributed by atoms with E-state index >= 15 is 0 Å². The molecule has 6 aromatic rings. The van der Waals surface area contributed by atoms with Gasteiger partial charge in [0.25, 0.3) is 10.0 Å². The van der Waals surface area contributed by atoms with Gasteiger partial charge in [-0.2, -0.15) is 0 Å². The molecule has 0 aliphatic rings. The van der Waals surface area contributed by atoms with E-state index in [1.165, 1.54) is 5.51 Å². The Morgan fingerprint density at radius 3 is 2.69 bits per heavy atom. The molecule has 0 fully saturated rings. The number of hydrogen-bond donors (Lipinski definition) is 1. The molecule has 1 N–H and O–H groups in total. The number of benzene rings is 3. The van der Waals surface area contributed by atoms with Crippen LogP contribution in [0, 0.1) is 0 Å². The summed E-state index contributed by atoms with van der Waals surface area (Å²) in [4.78, 5) is 4.74. The van der Waals surface area contributed by atoms with E-state index < -0.39 is 10.0 Å². The van der Waals surface area contributed by atoms with E-state index in [1.807, 2.05) is 36.5 Å². The zero-order valence-corrected chi connectivity index (χ0v) is 20.6. The van der Waals surface area contributed by atoms with Gasteiger partial charge >= 0.3 is 0 Å². The zero-order valence-electron chi connectivity index (χ0n) is 19.0. The van der Waals surface area contributed by atoms with E-state index in [2.05, 4.69) is 42.7 Å². The van der Waals surface area contributed by atoms with Gasteiger partial charge in [0.1, 0.15) is 11.3 Å². The Morgan fingerprint density at radius 1 is 0.972 bits per heavy atom. The molecule has 8 nitrogen and oxygen atoms in total. The summed E-state index contributed by atoms with van der Waals surface area (Å²) in [5, 5.41) is 10.3. The van der Waals surface area contributed by atoms with Crippen LogP contribution in [0.15, 0.2) is 95.6 Å². The highest BCUT2D eigenvalue weighted by Gasteiger charge is 2.18. The third-order valence-corrected chi connectivity index (χ3v) is 8.02. The number of para-hydroxylation sites is 1. The molecule has 0 aliphatic heterocycles. The standard InChI is InChI=1S/C26H19N5O3S2/c1-34-24-15-19(31-13-11-17-4-2-3-5-23(17)31)6-8-22(24)25-21-9-7-20(14-18(21)10-12-27-25)36(32,33)30-26-29-28-16-35-26/h2-16H,1H3,(H,29,30). The maximum atomic E-state index is 12.8. The van der Waals surface area contributed by atoms with Gasteiger partial charge in [0.15, 0.2) is 0 Å². The van der Waals surface area contributed by atoms with Crippen LogP contribution in [0.25, 0.3) is 38.6 Å². The molecule has 36 heavy (non-hydrogen) atoms. The van der Waals surface area contributed by atoms with Gasteiger partial charge in [0, 0.05) is 35.1 Å². The minimum Gasteiger partial charge on any atom is -0.496 e. The first kappa shape index (κ1) is 22.2. The highest BCUT2D eigenvalue weighted by atomic mass is 32.2. The van der Waals surface area contributed by atoms with Gasteiger partial charge < -0.3 is 9.30 Å². The Hall–Kier alpha value is -4.28. The van der Waals surface area contributed by atoms with E-state index in [9.17, 15) is 8.42 Å². The van der Waals surface area contributed by atoms with Crippen molar-refractivity contribution < 1.29 is 13.2 Å². The molecule has 0 saturated heterocycles. The Kier molecular flexibility index (Phi) is 5.39. The molecule has 0 bridgehead atoms. The molecule has 10 heteroatoms. The molecule has 0 atom stereocenters. The number of pyridine rings is 1. The fourth-order valence-corrected chi connectivity index (χ4v) is 5.99. The molecule has 0 radical (unpaired) electrons. The van der Waals surface area contributed by atoms with Crippen LogP contribution < -0.4 is 9.46 Å². The number of hydrogen-bond acceptors (Lipinski definition) is 7. The van der Waals surface area contributed by atoms with Crippen molar-refractivity contribution in [3.63, 3.8) is 0 Å². The largest absolute Gasteiger partial charge is 0.496 e. The third kappa shape index (κ3) is 3.86. The number of fused-ring (bicyclic) bond motifs is 2. The molecule has 3 heterocycles. The van der Waals surface area contributed by atoms with Crippen LogP contribution in [0.2, 0.25) is 0 Å². The van der Waals surface area contributed by atoms with Gasteiger partial charge in [-0.1, -0.05) is 35.6 Å². The second kappa shape index (κ2) is 8.74. The number of rotatable bonds is 6. The predicted octanol–water partition coefficient (Wildman–Crippen LogP) is 5.51. The summed E-state index contributed by atoms with van der Waals surface area (Å²) in [5.41, 5.74) is 5.05. The third-order valence-electron chi connectivity index (χ3n) is 5.95. The van der Waals surface area contributed by atoms with Gasteiger partial charge in [-0.15, -0.1) is 10.2 Å². The number of nitrogens with zero attached hydrogens (tertiary/aromatic N) is 4. The average molecular weight is 514 g/mol. The maximum Gasteiger partial charge on any atom is 0.263 e. The van der Waals surface area contributed by atoms with Crippen molar-refractivity contribution in [2.45, 2.75) is 4.90 Å². The number of ether oxygens (including phenoxy) is 1. The van der Waals surface area contributed by atoms with Crippen molar-refractivity contribution in [2.75, 3.05) is 11.8 Å². The van der Waals surface area contributed by atoms with Crippen LogP contribution in [0.5, 0.6) is 5.75 Å². The van der Waals surface area contributed by atoms with Crippen molar-refractivity contribution in [3.05, 3.63) is 90.7 Å². The molecular weight excluding hydrogens is 494 g/mol. The number of anilines is 1. The smallest absolute Gasteiger partial charge is 0.263 e. The molecule has 0 unspecified atom stereocenters. The summed E-state index contributed by atoms with van der Waals surface area (Å²) in [7, 11) is -2.17. The molecule has 3 aromatic carbocycles. The van der Waals surface area contributed by atoms with Gasteiger partial charge in [-0.05, 0) is 53.2 Å². The van der Waals surface area contributed by atoms with Crippen molar-refractivity contribution in [2.24, 2.45) is 0 Å². The van der Waals surface area contributed by atoms with Crippen molar-refractivity contribution >= 4 is 48.2 Å². The van der Waals surface area contributed by atoms with Crippen LogP contribution in [0.1, 0.15) is 0 Å². The number of methoxy groups -OCH3 is 1. The normalized spacial score (nSPS) is 11.7. The van der Waals surface area contributed by atoms with Crippen LogP contribution in [-0.2, 0) is 10.0 Å². The lowest BCUT2D eigenvalue weighted by molar-refractivity contribution is 0.416. The van der Waals surface area contributed by atoms with Crippen LogP contribution >= 0.6 is 11.3 Å². The van der Waals surface area contributed by atoms with E-state index in [4.69, 9.17) is 4.74 Å². The molecule has 0 spiro atoms. The number of sulfonamides is 1. The zero-order chi connectivity index (χ0) is 24.7. The average Bonchev–Trinajstić information content (AvgIpc) is 3.57. The monoisotopic (exact) mass is 513 g/mol. The van der Waals surface area contributed by atoms with Crippen molar-refractivity contribution in [1.29, 1.82) is 0 Å². The lowest BCUT2D eigenvalue weighted by Crippen LogP contribution is -2.12. The van der Waals surface area contributed by atoms with Gasteiger partial charge in [-0.25, -0.2) is 8.42 Å². The lowest BCUT2D eigenvalue weighted by Gasteiger charge is -2.14. The maximum absolute atomic E-state index is 12.8. The lowest BCUT2D eigenvalue weighted by atomic mass is 10.0. The molecule has 6 rings (SSSR count). The fourth-order valence-electron chi connectivity index (χ4n) is 4.26. The van der Waals surface area contributed by atoms with E-state index in [1.54, 1.807) is 37.6 Å². The first-order chi connectivity index (χ1) is 17.5. The Morgan fingerprint density at radius 2 is 1.86 bits per heavy atom. The highest BCUT2D eigenvalue weighted by Crippen LogP contribution is 2.36. The second-order valence-electron chi connectivity index (χ2n) is 8.02. The van der Waals surface area contributed by atoms with Crippen molar-refractivity contribution in [1.82, 2.24) is 19.7 Å². The minimum absolute atomic E-state index is 0.129. The summed E-state index contributed by atoms with van der Waals surface area (Å²) >= 11 is 1.11. The minimum atomic E-state index is -3.80. The van der Waals surface area contributed by atoms with Crippen molar-refractivity contribution in [3.8, 4) is 22.7 Å². The van der Waals surface area contributed by atoms with Crippen LogP contribution in [-0.4, -0.2) is 35.3 Å². The van der Waals surface area contributed by atoms with Gasteiger partial charge in [0.05, 0.1) is 23.2 Å². The summed E-state index contributed by atoms with van der Waals surface area (Å²) < 4.78 is 36.0. The molecule has 0 saturated carbocycles. The SMILES string of the molecule is COc1cc(-n2ccc3ccccc32)ccc1-c1nccc2cc(S(=O)(=O)Nc3nncs3)ccc12. The predicted molar refractivity (Wildman–Crippen MR) is 141 cm³/mol. The van der Waals surface area contributed by atoms with Crippen LogP contribution in [0.4, 0.5) is 5.13 Å². The molecule has 178 valence electrons. The Labute approximate surface area is 210 Å². The summed E-state index contributed by atoms with van der Waals surface area (Å²) in [6, 6.07) is 23.0. The van der Waals surface area contributed by atoms with E-state index in [0.29, 0.717) is 11.4 Å². The van der Waals surface area contributed by atoms with E-state index in [0.717, 1.165) is 44.3 Å². The first-order valence-electron chi connectivity index (χ1n) is 11.0. The number of aromatic nitrogens is 4. The second-order valence-corrected chi connectivity index (χ2v) is 10.5. The Balaban J connectivity index is 1.42. The number of nitrogens with one attached hydrogen (secondary N) is 1. The molecule has 3 aromatic heterocycles. The van der Waals surface area contributed by atoms with E-state index in [-0.39, 0.29) is 10.0 Å². The molecule has 0 amide bonds. The molecule has 0 aliphatic carbocycles. The van der Waals surface area contributed by atoms with Gasteiger partial charge in [0.2, 0.25) is 5.13 Å². The first-order valence-corrected chi connectivity index (χ1v) is 13.3. The Bertz CT molecular complexity index is 1830. The van der Waals surface area contributed by atoms with Crippen LogP contribution in [0.3, 0.4) is 0 Å². The molecular formula is C26H19N5O3S2. The highest BCUT2D eigenvalue weighted by molar-refractivity contribution is 7.93. The summed E-state index contributed by atoms with van der Waals surface area (Å²) in [6.07, 6.45) is 3.70. The quantitative estimate of drug-likeness (QED) is 0.315. The fraction of sp³-hybridized carbons (Fsp3) is 0.0385. The van der Waals surface area contributed by atoms with Gasteiger partial charge in [-0.3, -0.25) is 9.71 Å². The topological polar surface area (TPSA) is 99.0 Å². The summed E-state index contributed by atoms with van der Waals surface area (Å²) in [6.45, 7) is 0.